The molecule has 0 radical (unpaired) electrons. The lowest BCUT2D eigenvalue weighted by atomic mass is 9.95. The molecule has 14 heavy (non-hydrogen) atoms. The highest BCUT2D eigenvalue weighted by molar-refractivity contribution is 5.85. The van der Waals surface area contributed by atoms with Gasteiger partial charge in [0.25, 0.3) is 0 Å². The van der Waals surface area contributed by atoms with Crippen LogP contribution in [-0.4, -0.2) is 17.9 Å². The van der Waals surface area contributed by atoms with E-state index in [9.17, 15) is 9.90 Å². The van der Waals surface area contributed by atoms with E-state index in [2.05, 4.69) is 5.32 Å². The van der Waals surface area contributed by atoms with E-state index in [-0.39, 0.29) is 18.2 Å². The van der Waals surface area contributed by atoms with E-state index in [4.69, 9.17) is 0 Å². The maximum atomic E-state index is 10.7. The first kappa shape index (κ1) is 11.0. The number of hydrogen-bond donors (Lipinski definition) is 2. The predicted octanol–water partition coefficient (Wildman–Crippen LogP) is 1.27. The summed E-state index contributed by atoms with van der Waals surface area (Å²) in [7, 11) is 0. The van der Waals surface area contributed by atoms with Crippen LogP contribution in [0.5, 0.6) is 5.75 Å². The molecule has 1 heterocycles. The van der Waals surface area contributed by atoms with Crippen LogP contribution < -0.4 is 5.32 Å². The van der Waals surface area contributed by atoms with Crippen LogP contribution in [0.15, 0.2) is 12.1 Å². The third kappa shape index (κ3) is 1.74. The zero-order valence-electron chi connectivity index (χ0n) is 7.62. The first-order valence-corrected chi connectivity index (χ1v) is 4.32. The van der Waals surface area contributed by atoms with Crippen molar-refractivity contribution in [3.05, 3.63) is 28.8 Å². The zero-order valence-corrected chi connectivity index (χ0v) is 8.43. The molecule has 0 aromatic heterocycles. The molecule has 0 fully saturated rings. The Morgan fingerprint density at radius 2 is 2.21 bits per heavy atom. The molecule has 3 nitrogen and oxygen atoms in total. The second kappa shape index (κ2) is 4.44. The van der Waals surface area contributed by atoms with Crippen LogP contribution in [0.2, 0.25) is 0 Å². The van der Waals surface area contributed by atoms with Crippen molar-refractivity contribution in [1.82, 2.24) is 5.32 Å². The molecule has 0 saturated carbocycles. The van der Waals surface area contributed by atoms with Gasteiger partial charge in [-0.2, -0.15) is 0 Å². The number of aldehydes is 1. The van der Waals surface area contributed by atoms with Crippen molar-refractivity contribution >= 4 is 18.7 Å². The Kier molecular flexibility index (Phi) is 3.49. The monoisotopic (exact) mass is 213 g/mol. The van der Waals surface area contributed by atoms with Crippen molar-refractivity contribution in [3.63, 3.8) is 0 Å². The summed E-state index contributed by atoms with van der Waals surface area (Å²) in [6.07, 6.45) is 1.55. The SMILES string of the molecule is Cl.O=Cc1c(O)ccc2c1CCNC2. The van der Waals surface area contributed by atoms with Gasteiger partial charge < -0.3 is 10.4 Å². The molecule has 0 saturated heterocycles. The number of rotatable bonds is 1. The molecule has 4 heteroatoms. The van der Waals surface area contributed by atoms with Gasteiger partial charge in [0.05, 0.1) is 5.56 Å². The quantitative estimate of drug-likeness (QED) is 0.691. The van der Waals surface area contributed by atoms with Crippen molar-refractivity contribution in [2.75, 3.05) is 6.54 Å². The van der Waals surface area contributed by atoms with Crippen LogP contribution >= 0.6 is 12.4 Å². The summed E-state index contributed by atoms with van der Waals surface area (Å²) in [5.41, 5.74) is 2.57. The van der Waals surface area contributed by atoms with E-state index < -0.39 is 0 Å². The Labute approximate surface area is 88.5 Å². The van der Waals surface area contributed by atoms with Crippen molar-refractivity contribution in [2.45, 2.75) is 13.0 Å². The molecular weight excluding hydrogens is 202 g/mol. The van der Waals surface area contributed by atoms with E-state index in [1.165, 1.54) is 0 Å². The largest absolute Gasteiger partial charge is 0.507 e. The second-order valence-corrected chi connectivity index (χ2v) is 3.18. The van der Waals surface area contributed by atoms with Crippen LogP contribution in [0, 0.1) is 0 Å². The number of halogens is 1. The van der Waals surface area contributed by atoms with E-state index in [1.54, 1.807) is 6.07 Å². The molecule has 0 atom stereocenters. The van der Waals surface area contributed by atoms with Gasteiger partial charge in [-0.1, -0.05) is 6.07 Å². The Morgan fingerprint density at radius 1 is 1.43 bits per heavy atom. The summed E-state index contributed by atoms with van der Waals surface area (Å²) in [5.74, 6) is 0.0932. The molecule has 2 N–H and O–H groups in total. The Bertz CT molecular complexity index is 352. The van der Waals surface area contributed by atoms with Gasteiger partial charge in [0, 0.05) is 6.54 Å². The third-order valence-electron chi connectivity index (χ3n) is 2.42. The van der Waals surface area contributed by atoms with Crippen LogP contribution in [0.3, 0.4) is 0 Å². The Morgan fingerprint density at radius 3 is 2.93 bits per heavy atom. The van der Waals surface area contributed by atoms with Gasteiger partial charge >= 0.3 is 0 Å². The highest BCUT2D eigenvalue weighted by atomic mass is 35.5. The number of aromatic hydroxyl groups is 1. The van der Waals surface area contributed by atoms with Gasteiger partial charge in [0.1, 0.15) is 5.75 Å². The number of nitrogens with one attached hydrogen (secondary N) is 1. The average Bonchev–Trinajstić information content (AvgIpc) is 2.18. The normalized spacial score (nSPS) is 14.0. The van der Waals surface area contributed by atoms with Crippen molar-refractivity contribution in [3.8, 4) is 5.75 Å². The predicted molar refractivity (Wildman–Crippen MR) is 56.2 cm³/mol. The highest BCUT2D eigenvalue weighted by Gasteiger charge is 2.14. The fraction of sp³-hybridized carbons (Fsp3) is 0.300. The summed E-state index contributed by atoms with van der Waals surface area (Å²) >= 11 is 0. The minimum atomic E-state index is 0. The fourth-order valence-corrected chi connectivity index (χ4v) is 1.73. The van der Waals surface area contributed by atoms with E-state index in [0.29, 0.717) is 5.56 Å². The molecule has 1 aromatic rings. The number of hydrogen-bond acceptors (Lipinski definition) is 3. The van der Waals surface area contributed by atoms with Crippen LogP contribution in [0.1, 0.15) is 21.5 Å². The van der Waals surface area contributed by atoms with Gasteiger partial charge in [-0.15, -0.1) is 12.4 Å². The minimum absolute atomic E-state index is 0. The number of phenolic OH excluding ortho intramolecular Hbond substituents is 1. The molecule has 2 rings (SSSR count). The molecule has 0 aliphatic carbocycles. The maximum absolute atomic E-state index is 10.7. The van der Waals surface area contributed by atoms with Crippen molar-refractivity contribution in [2.24, 2.45) is 0 Å². The standard InChI is InChI=1S/C10H11NO2.ClH/c12-6-9-8-3-4-11-5-7(8)1-2-10(9)13;/h1-2,6,11,13H,3-5H2;1H. The number of carbonyl (C=O) groups is 1. The average molecular weight is 214 g/mol. The zero-order chi connectivity index (χ0) is 9.26. The first-order valence-electron chi connectivity index (χ1n) is 4.32. The molecule has 0 unspecified atom stereocenters. The van der Waals surface area contributed by atoms with Crippen LogP contribution in [0.4, 0.5) is 0 Å². The molecule has 0 amide bonds. The molecule has 76 valence electrons. The van der Waals surface area contributed by atoms with Gasteiger partial charge in [0.15, 0.2) is 6.29 Å². The van der Waals surface area contributed by atoms with Gasteiger partial charge in [-0.3, -0.25) is 4.79 Å². The summed E-state index contributed by atoms with van der Waals surface area (Å²) in [6.45, 7) is 1.66. The lowest BCUT2D eigenvalue weighted by Gasteiger charge is -2.18. The van der Waals surface area contributed by atoms with Crippen molar-refractivity contribution < 1.29 is 9.90 Å². The fourth-order valence-electron chi connectivity index (χ4n) is 1.73. The molecule has 1 aliphatic heterocycles. The number of benzene rings is 1. The Balaban J connectivity index is 0.000000980. The molecule has 1 aromatic carbocycles. The van der Waals surface area contributed by atoms with Gasteiger partial charge in [0.2, 0.25) is 0 Å². The smallest absolute Gasteiger partial charge is 0.154 e. The summed E-state index contributed by atoms with van der Waals surface area (Å²) in [5, 5.41) is 12.6. The molecule has 1 aliphatic rings. The number of carbonyl (C=O) groups excluding carboxylic acids is 1. The first-order chi connectivity index (χ1) is 6.33. The highest BCUT2D eigenvalue weighted by Crippen LogP contribution is 2.24. The van der Waals surface area contributed by atoms with E-state index >= 15 is 0 Å². The summed E-state index contributed by atoms with van der Waals surface area (Å²) < 4.78 is 0. The number of fused-ring (bicyclic) bond motifs is 1. The summed E-state index contributed by atoms with van der Waals surface area (Å²) in [6, 6.07) is 3.44. The van der Waals surface area contributed by atoms with E-state index in [1.807, 2.05) is 6.07 Å². The molecule has 0 spiro atoms. The molecule has 0 bridgehead atoms. The van der Waals surface area contributed by atoms with Gasteiger partial charge in [-0.25, -0.2) is 0 Å². The second-order valence-electron chi connectivity index (χ2n) is 3.18. The van der Waals surface area contributed by atoms with E-state index in [0.717, 1.165) is 36.9 Å². The van der Waals surface area contributed by atoms with Crippen LogP contribution in [-0.2, 0) is 13.0 Å². The topological polar surface area (TPSA) is 49.3 Å². The lowest BCUT2D eigenvalue weighted by molar-refractivity contribution is 0.112. The lowest BCUT2D eigenvalue weighted by Crippen LogP contribution is -2.24. The van der Waals surface area contributed by atoms with Gasteiger partial charge in [-0.05, 0) is 30.2 Å². The van der Waals surface area contributed by atoms with Crippen molar-refractivity contribution in [1.29, 1.82) is 0 Å². The third-order valence-corrected chi connectivity index (χ3v) is 2.42. The Hall–Kier alpha value is -1.06. The number of phenols is 1. The maximum Gasteiger partial charge on any atom is 0.154 e. The molecular formula is C10H12ClNO2. The summed E-state index contributed by atoms with van der Waals surface area (Å²) in [4.78, 5) is 10.7. The minimum Gasteiger partial charge on any atom is -0.507 e. The van der Waals surface area contributed by atoms with Crippen LogP contribution in [0.25, 0.3) is 0 Å².